The molecule has 2 aromatic carbocycles. The Labute approximate surface area is 171 Å². The Balaban J connectivity index is 1.55. The van der Waals surface area contributed by atoms with Gasteiger partial charge in [0, 0.05) is 30.0 Å². The Morgan fingerprint density at radius 3 is 2.41 bits per heavy atom. The minimum absolute atomic E-state index is 0.262. The van der Waals surface area contributed by atoms with Crippen LogP contribution in [-0.2, 0) is 0 Å². The molecule has 1 N–H and O–H groups in total. The van der Waals surface area contributed by atoms with Crippen molar-refractivity contribution in [3.63, 3.8) is 0 Å². The van der Waals surface area contributed by atoms with Gasteiger partial charge in [-0.2, -0.15) is 0 Å². The second-order valence-electron chi connectivity index (χ2n) is 7.23. The summed E-state index contributed by atoms with van der Waals surface area (Å²) in [5, 5.41) is 2.87. The first-order valence-electron chi connectivity index (χ1n) is 9.86. The fraction of sp³-hybridized carbons (Fsp3) is 0.208. The SMILES string of the molecule is C=C(c1ccc(-c2cnc(C)c(C(=O)Nc3ccccc3)n2)cc1)N1CCCC1. The molecule has 4 rings (SSSR count). The Kier molecular flexibility index (Phi) is 5.38. The predicted octanol–water partition coefficient (Wildman–Crippen LogP) is 4.77. The van der Waals surface area contributed by atoms with Crippen molar-refractivity contribution < 1.29 is 4.79 Å². The average molecular weight is 384 g/mol. The molecule has 1 aliphatic rings. The van der Waals surface area contributed by atoms with Crippen molar-refractivity contribution in [1.29, 1.82) is 0 Å². The summed E-state index contributed by atoms with van der Waals surface area (Å²) in [6.45, 7) is 8.18. The third-order valence-electron chi connectivity index (χ3n) is 5.20. The number of nitrogens with one attached hydrogen (secondary N) is 1. The molecule has 1 aromatic heterocycles. The normalized spacial score (nSPS) is 13.3. The first kappa shape index (κ1) is 18.9. The maximum atomic E-state index is 12.7. The van der Waals surface area contributed by atoms with Crippen LogP contribution in [0.5, 0.6) is 0 Å². The molecule has 0 atom stereocenters. The topological polar surface area (TPSA) is 58.1 Å². The summed E-state index contributed by atoms with van der Waals surface area (Å²) in [5.41, 5.74) is 5.42. The van der Waals surface area contributed by atoms with Crippen LogP contribution in [0.4, 0.5) is 5.69 Å². The molecule has 0 unspecified atom stereocenters. The Morgan fingerprint density at radius 2 is 1.72 bits per heavy atom. The molecule has 0 saturated carbocycles. The van der Waals surface area contributed by atoms with E-state index in [1.165, 1.54) is 12.8 Å². The van der Waals surface area contributed by atoms with Gasteiger partial charge in [-0.3, -0.25) is 9.78 Å². The number of hydrogen-bond acceptors (Lipinski definition) is 4. The standard InChI is InChI=1S/C24H24N4O/c1-17-23(24(29)26-21-8-4-3-5-9-21)27-22(16-25-17)20-12-10-19(11-13-20)18(2)28-14-6-7-15-28/h3-5,8-13,16H,2,6-7,14-15H2,1H3,(H,26,29). The number of para-hydroxylation sites is 1. The lowest BCUT2D eigenvalue weighted by Gasteiger charge is -2.20. The number of rotatable bonds is 5. The van der Waals surface area contributed by atoms with E-state index in [4.69, 9.17) is 0 Å². The number of aryl methyl sites for hydroxylation is 1. The third kappa shape index (κ3) is 4.19. The zero-order valence-corrected chi connectivity index (χ0v) is 16.6. The fourth-order valence-corrected chi connectivity index (χ4v) is 3.52. The highest BCUT2D eigenvalue weighted by Gasteiger charge is 2.16. The second-order valence-corrected chi connectivity index (χ2v) is 7.23. The minimum Gasteiger partial charge on any atom is -0.372 e. The molecular formula is C24H24N4O. The van der Waals surface area contributed by atoms with E-state index in [1.807, 2.05) is 42.5 Å². The van der Waals surface area contributed by atoms with Gasteiger partial charge in [0.1, 0.15) is 5.69 Å². The lowest BCUT2D eigenvalue weighted by Crippen LogP contribution is -2.17. The van der Waals surface area contributed by atoms with E-state index >= 15 is 0 Å². The first-order chi connectivity index (χ1) is 14.1. The van der Waals surface area contributed by atoms with Crippen molar-refractivity contribution in [3.05, 3.63) is 84.3 Å². The van der Waals surface area contributed by atoms with Gasteiger partial charge in [-0.15, -0.1) is 0 Å². The summed E-state index contributed by atoms with van der Waals surface area (Å²) >= 11 is 0. The van der Waals surface area contributed by atoms with Gasteiger partial charge in [0.25, 0.3) is 5.91 Å². The highest BCUT2D eigenvalue weighted by Crippen LogP contribution is 2.25. The molecule has 2 heterocycles. The molecular weight excluding hydrogens is 360 g/mol. The number of anilines is 1. The average Bonchev–Trinajstić information content (AvgIpc) is 3.29. The van der Waals surface area contributed by atoms with Gasteiger partial charge >= 0.3 is 0 Å². The third-order valence-corrected chi connectivity index (χ3v) is 5.20. The zero-order valence-electron chi connectivity index (χ0n) is 16.6. The largest absolute Gasteiger partial charge is 0.372 e. The summed E-state index contributed by atoms with van der Waals surface area (Å²) in [6, 6.07) is 17.5. The molecule has 1 aliphatic heterocycles. The van der Waals surface area contributed by atoms with E-state index in [2.05, 4.69) is 38.9 Å². The van der Waals surface area contributed by atoms with Crippen molar-refractivity contribution in [1.82, 2.24) is 14.9 Å². The molecule has 1 saturated heterocycles. The summed E-state index contributed by atoms with van der Waals surface area (Å²) in [4.78, 5) is 24.0. The van der Waals surface area contributed by atoms with E-state index in [0.29, 0.717) is 17.1 Å². The van der Waals surface area contributed by atoms with Crippen LogP contribution < -0.4 is 5.32 Å². The highest BCUT2D eigenvalue weighted by atomic mass is 16.1. The molecule has 0 spiro atoms. The van der Waals surface area contributed by atoms with Gasteiger partial charge in [-0.25, -0.2) is 4.98 Å². The number of hydrogen-bond donors (Lipinski definition) is 1. The van der Waals surface area contributed by atoms with E-state index in [-0.39, 0.29) is 5.91 Å². The van der Waals surface area contributed by atoms with Gasteiger partial charge in [0.05, 0.1) is 17.6 Å². The maximum Gasteiger partial charge on any atom is 0.276 e. The van der Waals surface area contributed by atoms with Crippen LogP contribution in [0.2, 0.25) is 0 Å². The number of nitrogens with zero attached hydrogens (tertiary/aromatic N) is 3. The predicted molar refractivity (Wildman–Crippen MR) is 116 cm³/mol. The van der Waals surface area contributed by atoms with Crippen LogP contribution in [0.25, 0.3) is 17.0 Å². The molecule has 1 amide bonds. The summed E-state index contributed by atoms with van der Waals surface area (Å²) in [6.07, 6.45) is 4.16. The molecule has 146 valence electrons. The number of likely N-dealkylation sites (tertiary alicyclic amines) is 1. The smallest absolute Gasteiger partial charge is 0.276 e. The van der Waals surface area contributed by atoms with Gasteiger partial charge in [-0.1, -0.05) is 49.0 Å². The molecule has 0 bridgehead atoms. The first-order valence-corrected chi connectivity index (χ1v) is 9.86. The number of carbonyl (C=O) groups excluding carboxylic acids is 1. The van der Waals surface area contributed by atoms with Crippen molar-refractivity contribution in [2.24, 2.45) is 0 Å². The lowest BCUT2D eigenvalue weighted by atomic mass is 10.1. The van der Waals surface area contributed by atoms with Crippen LogP contribution in [-0.4, -0.2) is 33.9 Å². The van der Waals surface area contributed by atoms with Crippen molar-refractivity contribution in [3.8, 4) is 11.3 Å². The Morgan fingerprint density at radius 1 is 1.03 bits per heavy atom. The monoisotopic (exact) mass is 384 g/mol. The summed E-state index contributed by atoms with van der Waals surface area (Å²) in [7, 11) is 0. The molecule has 0 radical (unpaired) electrons. The van der Waals surface area contributed by atoms with Crippen LogP contribution in [0, 0.1) is 6.92 Å². The maximum absolute atomic E-state index is 12.7. The van der Waals surface area contributed by atoms with E-state index in [0.717, 1.165) is 35.6 Å². The number of aromatic nitrogens is 2. The van der Waals surface area contributed by atoms with E-state index in [9.17, 15) is 4.79 Å². The van der Waals surface area contributed by atoms with Gasteiger partial charge in [-0.05, 0) is 37.5 Å². The van der Waals surface area contributed by atoms with E-state index < -0.39 is 0 Å². The molecule has 5 heteroatoms. The molecule has 1 fully saturated rings. The molecule has 0 aliphatic carbocycles. The minimum atomic E-state index is -0.262. The van der Waals surface area contributed by atoms with Crippen LogP contribution >= 0.6 is 0 Å². The van der Waals surface area contributed by atoms with Gasteiger partial charge in [0.15, 0.2) is 0 Å². The summed E-state index contributed by atoms with van der Waals surface area (Å²) in [5.74, 6) is -0.262. The number of carbonyl (C=O) groups is 1. The number of amides is 1. The van der Waals surface area contributed by atoms with Gasteiger partial charge in [0.2, 0.25) is 0 Å². The molecule has 29 heavy (non-hydrogen) atoms. The lowest BCUT2D eigenvalue weighted by molar-refractivity contribution is 0.102. The van der Waals surface area contributed by atoms with Crippen molar-refractivity contribution in [2.75, 3.05) is 18.4 Å². The fourth-order valence-electron chi connectivity index (χ4n) is 3.52. The quantitative estimate of drug-likeness (QED) is 0.688. The molecule has 5 nitrogen and oxygen atoms in total. The van der Waals surface area contributed by atoms with Gasteiger partial charge < -0.3 is 10.2 Å². The van der Waals surface area contributed by atoms with Crippen LogP contribution in [0.3, 0.4) is 0 Å². The number of benzene rings is 2. The summed E-state index contributed by atoms with van der Waals surface area (Å²) < 4.78 is 0. The van der Waals surface area contributed by atoms with Crippen LogP contribution in [0.1, 0.15) is 34.6 Å². The second kappa shape index (κ2) is 8.27. The Hall–Kier alpha value is -3.47. The highest BCUT2D eigenvalue weighted by molar-refractivity contribution is 6.03. The van der Waals surface area contributed by atoms with Crippen LogP contribution in [0.15, 0.2) is 67.4 Å². The Bertz CT molecular complexity index is 1020. The molecule has 3 aromatic rings. The van der Waals surface area contributed by atoms with Crippen molar-refractivity contribution >= 4 is 17.3 Å². The van der Waals surface area contributed by atoms with E-state index in [1.54, 1.807) is 13.1 Å². The van der Waals surface area contributed by atoms with Crippen molar-refractivity contribution in [2.45, 2.75) is 19.8 Å². The zero-order chi connectivity index (χ0) is 20.2.